The summed E-state index contributed by atoms with van der Waals surface area (Å²) in [5.41, 5.74) is 0. The molecule has 18 heavy (non-hydrogen) atoms. The maximum atomic E-state index is 5.93. The normalized spacial score (nSPS) is 23.2. The third kappa shape index (κ3) is 3.10. The molecule has 0 radical (unpaired) electrons. The Bertz CT molecular complexity index is 366. The summed E-state index contributed by atoms with van der Waals surface area (Å²) in [6.45, 7) is 5.93. The monoisotopic (exact) mass is 252 g/mol. The lowest BCUT2D eigenvalue weighted by Crippen LogP contribution is -2.47. The topological polar surface area (TPSA) is 42.3 Å². The van der Waals surface area contributed by atoms with Gasteiger partial charge in [0.25, 0.3) is 0 Å². The van der Waals surface area contributed by atoms with Crippen molar-refractivity contribution < 1.29 is 4.74 Å². The van der Waals surface area contributed by atoms with E-state index in [0.717, 1.165) is 38.5 Å². The van der Waals surface area contributed by atoms with Gasteiger partial charge in [0.2, 0.25) is 0 Å². The van der Waals surface area contributed by atoms with Crippen LogP contribution >= 0.6 is 0 Å². The molecular weight excluding hydrogens is 228 g/mol. The highest BCUT2D eigenvalue weighted by Gasteiger charge is 2.29. The first kappa shape index (κ1) is 13.5. The number of rotatable bonds is 5. The molecule has 0 spiro atoms. The van der Waals surface area contributed by atoms with Crippen LogP contribution in [0, 0.1) is 0 Å². The third-order valence-corrected chi connectivity index (χ3v) is 3.42. The molecule has 1 aromatic heterocycles. The van der Waals surface area contributed by atoms with Crippen LogP contribution in [-0.2, 0) is 11.8 Å². The number of aryl methyl sites for hydroxylation is 1. The van der Waals surface area contributed by atoms with Gasteiger partial charge in [0, 0.05) is 32.5 Å². The summed E-state index contributed by atoms with van der Waals surface area (Å²) in [5.74, 6) is 1.06. The van der Waals surface area contributed by atoms with Gasteiger partial charge in [0.1, 0.15) is 5.82 Å². The Balaban J connectivity index is 2.11. The molecule has 2 unspecified atom stereocenters. The minimum atomic E-state index is 0.174. The zero-order valence-electron chi connectivity index (χ0n) is 11.6. The van der Waals surface area contributed by atoms with Crippen LogP contribution in [0.15, 0.2) is 12.4 Å². The van der Waals surface area contributed by atoms with Crippen LogP contribution in [0.2, 0.25) is 0 Å². The number of aromatic nitrogens is 2. The lowest BCUT2D eigenvalue weighted by atomic mass is 10.1. The fraction of sp³-hybridized carbons (Fsp3) is 0.769. The second kappa shape index (κ2) is 6.31. The van der Waals surface area contributed by atoms with Gasteiger partial charge in [0.05, 0.1) is 18.8 Å². The quantitative estimate of drug-likeness (QED) is 0.841. The Labute approximate surface area is 109 Å². The largest absolute Gasteiger partial charge is 0.373 e. The molecule has 2 atom stereocenters. The van der Waals surface area contributed by atoms with E-state index in [4.69, 9.17) is 4.74 Å². The zero-order chi connectivity index (χ0) is 13.0. The van der Waals surface area contributed by atoms with E-state index in [1.54, 1.807) is 0 Å². The molecule has 2 rings (SSSR count). The van der Waals surface area contributed by atoms with E-state index in [9.17, 15) is 0 Å². The molecular formula is C13H24N4O. The summed E-state index contributed by atoms with van der Waals surface area (Å²) < 4.78 is 8.00. The third-order valence-electron chi connectivity index (χ3n) is 3.42. The molecule has 0 saturated carbocycles. The van der Waals surface area contributed by atoms with Crippen molar-refractivity contribution in [2.75, 3.05) is 33.3 Å². The lowest BCUT2D eigenvalue weighted by Gasteiger charge is -2.35. The number of likely N-dealkylation sites (N-methyl/N-ethyl adjacent to an activating group) is 1. The van der Waals surface area contributed by atoms with Gasteiger partial charge in [-0.1, -0.05) is 6.92 Å². The molecule has 0 bridgehead atoms. The van der Waals surface area contributed by atoms with Crippen LogP contribution < -0.4 is 5.32 Å². The van der Waals surface area contributed by atoms with Crippen molar-refractivity contribution in [1.29, 1.82) is 0 Å². The first-order valence-electron chi connectivity index (χ1n) is 6.73. The van der Waals surface area contributed by atoms with Crippen LogP contribution in [0.25, 0.3) is 0 Å². The average molecular weight is 252 g/mol. The molecule has 1 aliphatic heterocycles. The number of nitrogens with one attached hydrogen (secondary N) is 1. The Morgan fingerprint density at radius 2 is 2.39 bits per heavy atom. The molecule has 102 valence electrons. The fourth-order valence-corrected chi connectivity index (χ4v) is 2.38. The van der Waals surface area contributed by atoms with E-state index in [2.05, 4.69) is 33.7 Å². The number of imidazole rings is 1. The molecule has 1 aromatic rings. The minimum absolute atomic E-state index is 0.174. The highest BCUT2D eigenvalue weighted by molar-refractivity contribution is 5.03. The molecule has 5 heteroatoms. The average Bonchev–Trinajstić information content (AvgIpc) is 2.77. The van der Waals surface area contributed by atoms with Crippen molar-refractivity contribution in [3.8, 4) is 0 Å². The highest BCUT2D eigenvalue weighted by atomic mass is 16.5. The van der Waals surface area contributed by atoms with Gasteiger partial charge in [-0.15, -0.1) is 0 Å². The first-order valence-corrected chi connectivity index (χ1v) is 6.73. The van der Waals surface area contributed by atoms with Crippen molar-refractivity contribution in [1.82, 2.24) is 19.8 Å². The van der Waals surface area contributed by atoms with E-state index in [-0.39, 0.29) is 12.1 Å². The second-order valence-corrected chi connectivity index (χ2v) is 5.00. The van der Waals surface area contributed by atoms with Crippen molar-refractivity contribution in [2.24, 2.45) is 7.05 Å². The van der Waals surface area contributed by atoms with Crippen molar-refractivity contribution in [2.45, 2.75) is 25.5 Å². The van der Waals surface area contributed by atoms with Crippen LogP contribution in [0.1, 0.15) is 25.2 Å². The molecule has 1 N–H and O–H groups in total. The van der Waals surface area contributed by atoms with Crippen molar-refractivity contribution in [3.63, 3.8) is 0 Å². The summed E-state index contributed by atoms with van der Waals surface area (Å²) in [5, 5.41) is 3.57. The summed E-state index contributed by atoms with van der Waals surface area (Å²) >= 11 is 0. The number of hydrogen-bond acceptors (Lipinski definition) is 4. The van der Waals surface area contributed by atoms with Crippen molar-refractivity contribution in [3.05, 3.63) is 18.2 Å². The van der Waals surface area contributed by atoms with Gasteiger partial charge in [-0.25, -0.2) is 4.98 Å². The molecule has 1 saturated heterocycles. The fourth-order valence-electron chi connectivity index (χ4n) is 2.38. The van der Waals surface area contributed by atoms with Crippen LogP contribution in [0.4, 0.5) is 0 Å². The smallest absolute Gasteiger partial charge is 0.128 e. The molecule has 1 fully saturated rings. The lowest BCUT2D eigenvalue weighted by molar-refractivity contribution is -0.0411. The van der Waals surface area contributed by atoms with E-state index >= 15 is 0 Å². The number of ether oxygens (including phenoxy) is 1. The Morgan fingerprint density at radius 1 is 1.56 bits per heavy atom. The molecule has 0 aliphatic carbocycles. The molecule has 0 amide bonds. The van der Waals surface area contributed by atoms with Gasteiger partial charge >= 0.3 is 0 Å². The Kier molecular flexibility index (Phi) is 4.74. The van der Waals surface area contributed by atoms with Gasteiger partial charge < -0.3 is 19.5 Å². The first-order chi connectivity index (χ1) is 8.72. The number of hydrogen-bond donors (Lipinski definition) is 1. The summed E-state index contributed by atoms with van der Waals surface area (Å²) in [6.07, 6.45) is 5.13. The van der Waals surface area contributed by atoms with E-state index < -0.39 is 0 Å². The van der Waals surface area contributed by atoms with Crippen molar-refractivity contribution >= 4 is 0 Å². The Hall–Kier alpha value is -0.910. The highest BCUT2D eigenvalue weighted by Crippen LogP contribution is 2.20. The predicted molar refractivity (Wildman–Crippen MR) is 71.5 cm³/mol. The number of nitrogens with zero attached hydrogens (tertiary/aromatic N) is 3. The van der Waals surface area contributed by atoms with E-state index in [1.807, 2.05) is 19.4 Å². The summed E-state index contributed by atoms with van der Waals surface area (Å²) in [4.78, 5) is 6.79. The molecule has 0 aromatic carbocycles. The van der Waals surface area contributed by atoms with Gasteiger partial charge in [-0.2, -0.15) is 0 Å². The standard InChI is InChI=1S/C13H24N4O/c1-4-5-14-12(13-15-6-7-17(13)3)11-10-16(2)8-9-18-11/h6-7,11-12,14H,4-5,8-10H2,1-3H3. The molecule has 1 aliphatic rings. The van der Waals surface area contributed by atoms with Crippen LogP contribution in [-0.4, -0.2) is 53.8 Å². The molecule has 2 heterocycles. The summed E-state index contributed by atoms with van der Waals surface area (Å²) in [6, 6.07) is 0.174. The predicted octanol–water partition coefficient (Wildman–Crippen LogP) is 0.791. The summed E-state index contributed by atoms with van der Waals surface area (Å²) in [7, 11) is 4.18. The number of morpholine rings is 1. The van der Waals surface area contributed by atoms with Gasteiger partial charge in [0.15, 0.2) is 0 Å². The molecule has 5 nitrogen and oxygen atoms in total. The maximum absolute atomic E-state index is 5.93. The minimum Gasteiger partial charge on any atom is -0.373 e. The Morgan fingerprint density at radius 3 is 3.00 bits per heavy atom. The van der Waals surface area contributed by atoms with E-state index in [0.29, 0.717) is 0 Å². The second-order valence-electron chi connectivity index (χ2n) is 5.00. The SMILES string of the molecule is CCCNC(c1nccn1C)C1CN(C)CCO1. The van der Waals surface area contributed by atoms with Crippen LogP contribution in [0.3, 0.4) is 0 Å². The zero-order valence-corrected chi connectivity index (χ0v) is 11.6. The van der Waals surface area contributed by atoms with Crippen LogP contribution in [0.5, 0.6) is 0 Å². The maximum Gasteiger partial charge on any atom is 0.128 e. The van der Waals surface area contributed by atoms with Gasteiger partial charge in [-0.3, -0.25) is 0 Å². The van der Waals surface area contributed by atoms with Gasteiger partial charge in [-0.05, 0) is 20.0 Å². The van der Waals surface area contributed by atoms with E-state index in [1.165, 1.54) is 0 Å².